The Balaban J connectivity index is 1.91. The molecular formula is C16H23F2N3. The number of piperazine rings is 1. The highest BCUT2D eigenvalue weighted by molar-refractivity contribution is 5.57. The first-order chi connectivity index (χ1) is 10.1. The molecule has 0 spiro atoms. The number of aryl methyl sites for hydroxylation is 1. The molecule has 2 aliphatic heterocycles. The molecule has 1 N–H and O–H groups in total. The molecule has 2 unspecified atom stereocenters. The van der Waals surface area contributed by atoms with Crippen LogP contribution in [0.1, 0.15) is 25.8 Å². The molecule has 1 aromatic carbocycles. The quantitative estimate of drug-likeness (QED) is 0.903. The van der Waals surface area contributed by atoms with E-state index in [4.69, 9.17) is 0 Å². The number of halogens is 2. The van der Waals surface area contributed by atoms with Gasteiger partial charge in [0.25, 0.3) is 0 Å². The van der Waals surface area contributed by atoms with Gasteiger partial charge in [0.05, 0.1) is 11.9 Å². The van der Waals surface area contributed by atoms with E-state index in [-0.39, 0.29) is 6.17 Å². The fraction of sp³-hybridized carbons (Fsp3) is 0.625. The van der Waals surface area contributed by atoms with E-state index in [0.717, 1.165) is 50.7 Å². The van der Waals surface area contributed by atoms with Crippen molar-refractivity contribution in [3.05, 3.63) is 29.3 Å². The summed E-state index contributed by atoms with van der Waals surface area (Å²) in [5.41, 5.74) is 1.40. The minimum absolute atomic E-state index is 0.215. The van der Waals surface area contributed by atoms with Crippen LogP contribution in [0.2, 0.25) is 0 Å². The summed E-state index contributed by atoms with van der Waals surface area (Å²) >= 11 is 0. The van der Waals surface area contributed by atoms with Crippen LogP contribution in [-0.4, -0.2) is 43.3 Å². The molecule has 21 heavy (non-hydrogen) atoms. The van der Waals surface area contributed by atoms with Crippen molar-refractivity contribution in [1.82, 2.24) is 10.2 Å². The van der Waals surface area contributed by atoms with Crippen molar-refractivity contribution in [2.45, 2.75) is 38.9 Å². The number of hydrogen-bond acceptors (Lipinski definition) is 3. The summed E-state index contributed by atoms with van der Waals surface area (Å²) in [6.45, 7) is 7.86. The minimum atomic E-state index is -0.475. The standard InChI is InChI=1S/C16H23F2N3/c1-3-21-15(20-7-6-19-11(2)10-20)5-4-12-8-13(17)9-14(18)16(12)21/h8-9,11,15,19H,3-7,10H2,1-2H3. The summed E-state index contributed by atoms with van der Waals surface area (Å²) in [5.74, 6) is -0.906. The van der Waals surface area contributed by atoms with Gasteiger partial charge in [-0.1, -0.05) is 0 Å². The van der Waals surface area contributed by atoms with Crippen LogP contribution in [0.15, 0.2) is 12.1 Å². The molecule has 1 saturated heterocycles. The average Bonchev–Trinajstić information content (AvgIpc) is 2.45. The van der Waals surface area contributed by atoms with Gasteiger partial charge in [-0.3, -0.25) is 4.90 Å². The Hall–Kier alpha value is -1.20. The van der Waals surface area contributed by atoms with Crippen molar-refractivity contribution >= 4 is 5.69 Å². The molecule has 0 amide bonds. The molecule has 1 aromatic rings. The van der Waals surface area contributed by atoms with E-state index in [1.807, 2.05) is 6.92 Å². The van der Waals surface area contributed by atoms with Gasteiger partial charge in [-0.05, 0) is 38.3 Å². The molecule has 0 radical (unpaired) electrons. The zero-order chi connectivity index (χ0) is 15.0. The van der Waals surface area contributed by atoms with Crippen molar-refractivity contribution in [3.8, 4) is 0 Å². The van der Waals surface area contributed by atoms with E-state index in [0.29, 0.717) is 11.7 Å². The predicted octanol–water partition coefficient (Wildman–Crippen LogP) is 2.36. The largest absolute Gasteiger partial charge is 0.353 e. The maximum atomic E-state index is 14.3. The van der Waals surface area contributed by atoms with Crippen molar-refractivity contribution in [2.24, 2.45) is 0 Å². The van der Waals surface area contributed by atoms with Gasteiger partial charge in [0.15, 0.2) is 0 Å². The van der Waals surface area contributed by atoms with Crippen molar-refractivity contribution < 1.29 is 8.78 Å². The van der Waals surface area contributed by atoms with E-state index in [9.17, 15) is 8.78 Å². The van der Waals surface area contributed by atoms with Crippen LogP contribution in [0, 0.1) is 11.6 Å². The lowest BCUT2D eigenvalue weighted by molar-refractivity contribution is 0.134. The summed E-state index contributed by atoms with van der Waals surface area (Å²) in [5, 5.41) is 3.44. The number of anilines is 1. The maximum absolute atomic E-state index is 14.3. The third-order valence-electron chi connectivity index (χ3n) is 4.59. The second-order valence-corrected chi connectivity index (χ2v) is 6.05. The van der Waals surface area contributed by atoms with E-state index in [1.165, 1.54) is 6.07 Å². The number of benzene rings is 1. The Labute approximate surface area is 124 Å². The summed E-state index contributed by atoms with van der Waals surface area (Å²) in [6.07, 6.45) is 1.88. The fourth-order valence-electron chi connectivity index (χ4n) is 3.70. The highest BCUT2D eigenvalue weighted by Crippen LogP contribution is 2.35. The van der Waals surface area contributed by atoms with Crippen LogP contribution in [-0.2, 0) is 6.42 Å². The molecule has 0 aliphatic carbocycles. The van der Waals surface area contributed by atoms with Gasteiger partial charge in [-0.25, -0.2) is 8.78 Å². The lowest BCUT2D eigenvalue weighted by atomic mass is 9.97. The molecule has 1 fully saturated rings. The first-order valence-corrected chi connectivity index (χ1v) is 7.82. The van der Waals surface area contributed by atoms with Crippen molar-refractivity contribution in [2.75, 3.05) is 31.1 Å². The Morgan fingerprint density at radius 2 is 2.14 bits per heavy atom. The molecular weight excluding hydrogens is 272 g/mol. The molecule has 5 heteroatoms. The number of nitrogens with zero attached hydrogens (tertiary/aromatic N) is 2. The number of hydrogen-bond donors (Lipinski definition) is 1. The zero-order valence-corrected chi connectivity index (χ0v) is 12.7. The normalized spacial score (nSPS) is 26.8. The second kappa shape index (κ2) is 5.89. The number of nitrogens with one attached hydrogen (secondary N) is 1. The zero-order valence-electron chi connectivity index (χ0n) is 12.7. The summed E-state index contributed by atoms with van der Waals surface area (Å²) in [4.78, 5) is 4.53. The summed E-state index contributed by atoms with van der Waals surface area (Å²) in [6, 6.07) is 2.94. The number of rotatable bonds is 2. The van der Waals surface area contributed by atoms with Crippen LogP contribution in [0.5, 0.6) is 0 Å². The molecule has 0 aromatic heterocycles. The van der Waals surface area contributed by atoms with E-state index < -0.39 is 11.6 Å². The fourth-order valence-corrected chi connectivity index (χ4v) is 3.70. The van der Waals surface area contributed by atoms with Gasteiger partial charge < -0.3 is 10.2 Å². The highest BCUT2D eigenvalue weighted by atomic mass is 19.1. The van der Waals surface area contributed by atoms with Gasteiger partial charge >= 0.3 is 0 Å². The monoisotopic (exact) mass is 295 g/mol. The molecule has 3 nitrogen and oxygen atoms in total. The SMILES string of the molecule is CCN1c2c(F)cc(F)cc2CCC1N1CCNC(C)C1. The van der Waals surface area contributed by atoms with E-state index in [2.05, 4.69) is 22.0 Å². The first-order valence-electron chi connectivity index (χ1n) is 7.82. The third kappa shape index (κ3) is 2.77. The minimum Gasteiger partial charge on any atom is -0.353 e. The van der Waals surface area contributed by atoms with Crippen LogP contribution in [0.3, 0.4) is 0 Å². The van der Waals surface area contributed by atoms with Gasteiger partial charge in [0.2, 0.25) is 0 Å². The predicted molar refractivity (Wildman–Crippen MR) is 80.5 cm³/mol. The molecule has 0 saturated carbocycles. The Kier molecular flexibility index (Phi) is 4.13. The molecule has 2 atom stereocenters. The van der Waals surface area contributed by atoms with Gasteiger partial charge in [-0.15, -0.1) is 0 Å². The Morgan fingerprint density at radius 1 is 1.33 bits per heavy atom. The average molecular weight is 295 g/mol. The second-order valence-electron chi connectivity index (χ2n) is 6.05. The van der Waals surface area contributed by atoms with E-state index >= 15 is 0 Å². The van der Waals surface area contributed by atoms with Gasteiger partial charge in [0.1, 0.15) is 11.6 Å². The molecule has 116 valence electrons. The Morgan fingerprint density at radius 3 is 2.86 bits per heavy atom. The Bertz CT molecular complexity index is 520. The molecule has 0 bridgehead atoms. The molecule has 2 heterocycles. The first kappa shape index (κ1) is 14.7. The lowest BCUT2D eigenvalue weighted by Crippen LogP contribution is -2.59. The summed E-state index contributed by atoms with van der Waals surface area (Å²) < 4.78 is 27.7. The smallest absolute Gasteiger partial charge is 0.149 e. The highest BCUT2D eigenvalue weighted by Gasteiger charge is 2.33. The lowest BCUT2D eigenvalue weighted by Gasteiger charge is -2.47. The molecule has 2 aliphatic rings. The topological polar surface area (TPSA) is 18.5 Å². The van der Waals surface area contributed by atoms with Crippen LogP contribution < -0.4 is 10.2 Å². The summed E-state index contributed by atoms with van der Waals surface area (Å²) in [7, 11) is 0. The third-order valence-corrected chi connectivity index (χ3v) is 4.59. The van der Waals surface area contributed by atoms with Crippen molar-refractivity contribution in [1.29, 1.82) is 0 Å². The van der Waals surface area contributed by atoms with Crippen molar-refractivity contribution in [3.63, 3.8) is 0 Å². The van der Waals surface area contributed by atoms with E-state index in [1.54, 1.807) is 0 Å². The maximum Gasteiger partial charge on any atom is 0.149 e. The molecule has 3 rings (SSSR count). The number of fused-ring (bicyclic) bond motifs is 1. The van der Waals surface area contributed by atoms with Crippen LogP contribution >= 0.6 is 0 Å². The van der Waals surface area contributed by atoms with Gasteiger partial charge in [-0.2, -0.15) is 0 Å². The van der Waals surface area contributed by atoms with Gasteiger partial charge in [0, 0.05) is 38.3 Å². The van der Waals surface area contributed by atoms with Crippen LogP contribution in [0.4, 0.5) is 14.5 Å². The van der Waals surface area contributed by atoms with Crippen LogP contribution in [0.25, 0.3) is 0 Å².